The Morgan fingerprint density at radius 2 is 0.946 bits per heavy atom. The summed E-state index contributed by atoms with van der Waals surface area (Å²) >= 11 is 0. The zero-order valence-corrected chi connectivity index (χ0v) is 22.0. The van der Waals surface area contributed by atoms with Crippen LogP contribution in [0.5, 0.6) is 11.5 Å². The van der Waals surface area contributed by atoms with Gasteiger partial charge in [0.15, 0.2) is 12.5 Å². The highest BCUT2D eigenvalue weighted by Gasteiger charge is 2.50. The summed E-state index contributed by atoms with van der Waals surface area (Å²) in [6, 6.07) is 34.2. The quantitative estimate of drug-likeness (QED) is 0.296. The van der Waals surface area contributed by atoms with Gasteiger partial charge in [-0.15, -0.1) is 0 Å². The minimum absolute atomic E-state index is 0.242. The molecule has 0 spiro atoms. The smallest absolute Gasteiger partial charge is 0.183 e. The van der Waals surface area contributed by atoms with Crippen molar-refractivity contribution in [3.8, 4) is 11.5 Å². The molecular weight excluding hydrogens is 456 g/mol. The van der Waals surface area contributed by atoms with Gasteiger partial charge < -0.3 is 19.3 Å². The Balaban J connectivity index is 1.45. The Morgan fingerprint density at radius 3 is 1.35 bits per heavy atom. The van der Waals surface area contributed by atoms with E-state index < -0.39 is 5.41 Å². The molecule has 2 aliphatic rings. The molecule has 2 unspecified atom stereocenters. The Kier molecular flexibility index (Phi) is 5.83. The molecule has 0 N–H and O–H groups in total. The molecule has 0 saturated heterocycles. The maximum atomic E-state index is 6.86. The van der Waals surface area contributed by atoms with Gasteiger partial charge in [-0.2, -0.15) is 0 Å². The van der Waals surface area contributed by atoms with Crippen LogP contribution in [0.1, 0.15) is 36.1 Å². The fourth-order valence-electron chi connectivity index (χ4n) is 5.55. The largest absolute Gasteiger partial charge is 0.469 e. The van der Waals surface area contributed by atoms with Crippen LogP contribution >= 0.6 is 0 Å². The number of benzene rings is 4. The second-order valence-electron chi connectivity index (χ2n) is 10.9. The minimum Gasteiger partial charge on any atom is -0.469 e. The second-order valence-corrected chi connectivity index (χ2v) is 10.9. The fourth-order valence-corrected chi connectivity index (χ4v) is 5.55. The molecular formula is C33H34N2O2. The number of hydrogen-bond acceptors (Lipinski definition) is 4. The number of fused-ring (bicyclic) bond motifs is 2. The second kappa shape index (κ2) is 9.19. The van der Waals surface area contributed by atoms with Crippen molar-refractivity contribution in [3.63, 3.8) is 0 Å². The molecule has 4 aromatic carbocycles. The lowest BCUT2D eigenvalue weighted by Crippen LogP contribution is -2.62. The molecule has 6 rings (SSSR count). The van der Waals surface area contributed by atoms with Crippen LogP contribution in [-0.4, -0.2) is 12.5 Å². The summed E-state index contributed by atoms with van der Waals surface area (Å²) in [4.78, 5) is 4.78. The van der Waals surface area contributed by atoms with E-state index in [1.807, 2.05) is 0 Å². The Bertz CT molecular complexity index is 1290. The average molecular weight is 491 g/mol. The first-order valence-electron chi connectivity index (χ1n) is 13.1. The molecule has 2 aliphatic heterocycles. The fraction of sp³-hybridized carbons (Fsp3) is 0.273. The van der Waals surface area contributed by atoms with E-state index >= 15 is 0 Å². The molecule has 0 aliphatic carbocycles. The molecule has 4 aromatic rings. The van der Waals surface area contributed by atoms with Crippen LogP contribution in [0, 0.1) is 19.3 Å². The van der Waals surface area contributed by atoms with E-state index in [-0.39, 0.29) is 12.5 Å². The summed E-state index contributed by atoms with van der Waals surface area (Å²) in [5.41, 5.74) is 6.76. The number of anilines is 2. The molecule has 0 aromatic heterocycles. The van der Waals surface area contributed by atoms with Gasteiger partial charge in [-0.1, -0.05) is 71.8 Å². The van der Waals surface area contributed by atoms with Gasteiger partial charge in [0, 0.05) is 22.5 Å². The van der Waals surface area contributed by atoms with Crippen molar-refractivity contribution in [1.82, 2.24) is 0 Å². The van der Waals surface area contributed by atoms with Gasteiger partial charge in [-0.3, -0.25) is 0 Å². The predicted octanol–water partition coefficient (Wildman–Crippen LogP) is 7.48. The Hall–Kier alpha value is -3.92. The summed E-state index contributed by atoms with van der Waals surface area (Å²) in [5.74, 6) is 1.89. The van der Waals surface area contributed by atoms with Crippen molar-refractivity contribution in [2.75, 3.05) is 9.80 Å². The molecule has 0 bridgehead atoms. The average Bonchev–Trinajstić information content (AvgIpc) is 2.92. The normalized spacial score (nSPS) is 18.9. The lowest BCUT2D eigenvalue weighted by Gasteiger charge is -2.52. The summed E-state index contributed by atoms with van der Waals surface area (Å²) in [6.45, 7) is 10.3. The van der Waals surface area contributed by atoms with Gasteiger partial charge in [0.1, 0.15) is 11.5 Å². The summed E-state index contributed by atoms with van der Waals surface area (Å²) < 4.78 is 13.7. The van der Waals surface area contributed by atoms with Gasteiger partial charge >= 0.3 is 0 Å². The number of aryl methyl sites for hydroxylation is 2. The Morgan fingerprint density at radius 1 is 0.568 bits per heavy atom. The van der Waals surface area contributed by atoms with Crippen molar-refractivity contribution in [2.45, 2.75) is 53.2 Å². The van der Waals surface area contributed by atoms with Crippen LogP contribution in [0.4, 0.5) is 11.4 Å². The van der Waals surface area contributed by atoms with Crippen LogP contribution in [0.15, 0.2) is 97.1 Å². The van der Waals surface area contributed by atoms with Crippen molar-refractivity contribution in [1.29, 1.82) is 0 Å². The highest BCUT2D eigenvalue weighted by atomic mass is 16.5. The van der Waals surface area contributed by atoms with E-state index in [2.05, 4.69) is 135 Å². The molecule has 4 nitrogen and oxygen atoms in total. The van der Waals surface area contributed by atoms with Crippen molar-refractivity contribution < 1.29 is 9.47 Å². The summed E-state index contributed by atoms with van der Waals surface area (Å²) in [6.07, 6.45) is -0.485. The molecule has 4 heteroatoms. The topological polar surface area (TPSA) is 24.9 Å². The highest BCUT2D eigenvalue weighted by Crippen LogP contribution is 2.45. The van der Waals surface area contributed by atoms with Gasteiger partial charge in [-0.05, 0) is 64.1 Å². The van der Waals surface area contributed by atoms with Crippen molar-refractivity contribution >= 4 is 11.4 Å². The maximum absolute atomic E-state index is 6.86. The number of hydrogen-bond donors (Lipinski definition) is 0. The maximum Gasteiger partial charge on any atom is 0.183 e. The molecule has 2 heterocycles. The molecule has 37 heavy (non-hydrogen) atoms. The first-order valence-corrected chi connectivity index (χ1v) is 13.1. The van der Waals surface area contributed by atoms with Crippen molar-refractivity contribution in [2.24, 2.45) is 5.41 Å². The summed E-state index contributed by atoms with van der Waals surface area (Å²) in [5, 5.41) is 0. The molecule has 0 radical (unpaired) electrons. The van der Waals surface area contributed by atoms with E-state index in [9.17, 15) is 0 Å². The van der Waals surface area contributed by atoms with Crippen LogP contribution in [0.3, 0.4) is 0 Å². The monoisotopic (exact) mass is 490 g/mol. The molecule has 0 saturated carbocycles. The van der Waals surface area contributed by atoms with Gasteiger partial charge in [-0.25, -0.2) is 0 Å². The van der Waals surface area contributed by atoms with Gasteiger partial charge in [0.05, 0.1) is 18.5 Å². The molecule has 0 fully saturated rings. The predicted molar refractivity (Wildman–Crippen MR) is 150 cm³/mol. The van der Waals surface area contributed by atoms with E-state index in [1.54, 1.807) is 0 Å². The van der Waals surface area contributed by atoms with Crippen LogP contribution < -0.4 is 19.3 Å². The van der Waals surface area contributed by atoms with E-state index in [0.717, 1.165) is 36.0 Å². The zero-order chi connectivity index (χ0) is 25.6. The first-order chi connectivity index (χ1) is 17.9. The number of ether oxygens (including phenoxy) is 2. The lowest BCUT2D eigenvalue weighted by molar-refractivity contribution is -0.0355. The third-order valence-electron chi connectivity index (χ3n) is 7.67. The van der Waals surface area contributed by atoms with Gasteiger partial charge in [0.2, 0.25) is 0 Å². The third-order valence-corrected chi connectivity index (χ3v) is 7.67. The number of rotatable bonds is 4. The highest BCUT2D eigenvalue weighted by molar-refractivity contribution is 5.55. The minimum atomic E-state index is -0.420. The molecule has 0 amide bonds. The summed E-state index contributed by atoms with van der Waals surface area (Å²) in [7, 11) is 0. The van der Waals surface area contributed by atoms with Crippen LogP contribution in [0.25, 0.3) is 0 Å². The molecule has 2 atom stereocenters. The van der Waals surface area contributed by atoms with Crippen LogP contribution in [-0.2, 0) is 13.1 Å². The standard InChI is InChI=1S/C33H34N2O2/c1-23-13-17-27(18-14-23)34-21-25-9-5-7-11-29(25)36-31(34)33(3,4)32-35(28-19-15-24(2)16-20-28)22-26-10-6-8-12-30(26)37-32/h5-20,31-32H,21-22H2,1-4H3. The Labute approximate surface area is 220 Å². The van der Waals surface area contributed by atoms with Gasteiger partial charge in [0.25, 0.3) is 0 Å². The van der Waals surface area contributed by atoms with Crippen LogP contribution in [0.2, 0.25) is 0 Å². The molecule has 188 valence electrons. The lowest BCUT2D eigenvalue weighted by atomic mass is 9.84. The number of para-hydroxylation sites is 2. The zero-order valence-electron chi connectivity index (χ0n) is 22.0. The first kappa shape index (κ1) is 23.5. The van der Waals surface area contributed by atoms with E-state index in [4.69, 9.17) is 9.47 Å². The SMILES string of the molecule is Cc1ccc(N2Cc3ccccc3OC2C(C)(C)C2Oc3ccccc3CN2c2ccc(C)cc2)cc1. The van der Waals surface area contributed by atoms with E-state index in [1.165, 1.54) is 22.3 Å². The number of nitrogens with zero attached hydrogens (tertiary/aromatic N) is 2. The third kappa shape index (κ3) is 4.31. The van der Waals surface area contributed by atoms with E-state index in [0.29, 0.717) is 0 Å². The van der Waals surface area contributed by atoms with Crippen molar-refractivity contribution in [3.05, 3.63) is 119 Å².